The number of amides is 1. The van der Waals surface area contributed by atoms with E-state index in [1.165, 1.54) is 12.8 Å². The lowest BCUT2D eigenvalue weighted by molar-refractivity contribution is -0.141. The molecule has 1 atom stereocenters. The van der Waals surface area contributed by atoms with E-state index in [9.17, 15) is 4.79 Å². The molecule has 1 aliphatic heterocycles. The summed E-state index contributed by atoms with van der Waals surface area (Å²) in [6.07, 6.45) is 4.58. The molecule has 0 aromatic carbocycles. The minimum absolute atomic E-state index is 0.0830. The maximum absolute atomic E-state index is 12.0. The van der Waals surface area contributed by atoms with Crippen LogP contribution < -0.4 is 5.32 Å². The van der Waals surface area contributed by atoms with Gasteiger partial charge in [-0.1, -0.05) is 6.92 Å². The number of piperidine rings is 1. The van der Waals surface area contributed by atoms with Gasteiger partial charge in [-0.25, -0.2) is 0 Å². The van der Waals surface area contributed by atoms with Gasteiger partial charge in [0.2, 0.25) is 5.91 Å². The zero-order chi connectivity index (χ0) is 10.1. The highest BCUT2D eigenvalue weighted by Gasteiger charge is 2.37. The Bertz CT molecular complexity index is 223. The fourth-order valence-electron chi connectivity index (χ4n) is 2.64. The third kappa shape index (κ3) is 1.65. The van der Waals surface area contributed by atoms with Crippen molar-refractivity contribution < 1.29 is 4.79 Å². The van der Waals surface area contributed by atoms with Crippen molar-refractivity contribution in [1.29, 1.82) is 0 Å². The van der Waals surface area contributed by atoms with Crippen LogP contribution in [0, 0.1) is 5.92 Å². The number of carbonyl (C=O) groups excluding carboxylic acids is 1. The van der Waals surface area contributed by atoms with Crippen LogP contribution in [0.4, 0.5) is 0 Å². The molecule has 3 nitrogen and oxygen atoms in total. The Hall–Kier alpha value is -0.570. The summed E-state index contributed by atoms with van der Waals surface area (Å²) in [4.78, 5) is 14.1. The number of likely N-dealkylation sites (N-methyl/N-ethyl adjacent to an activating group) is 1. The molecule has 0 aromatic rings. The van der Waals surface area contributed by atoms with Gasteiger partial charge in [0.1, 0.15) is 0 Å². The summed E-state index contributed by atoms with van der Waals surface area (Å²) < 4.78 is 0. The van der Waals surface area contributed by atoms with Crippen LogP contribution in [0.5, 0.6) is 0 Å². The molecule has 1 N–H and O–H groups in total. The number of rotatable bonds is 2. The first-order valence-corrected chi connectivity index (χ1v) is 5.70. The summed E-state index contributed by atoms with van der Waals surface area (Å²) in [6, 6.07) is 0.633. The Morgan fingerprint density at radius 1 is 1.43 bits per heavy atom. The van der Waals surface area contributed by atoms with Crippen molar-refractivity contribution in [3.8, 4) is 0 Å². The summed E-state index contributed by atoms with van der Waals surface area (Å²) in [6.45, 7) is 3.24. The van der Waals surface area contributed by atoms with E-state index in [0.29, 0.717) is 11.9 Å². The predicted octanol–water partition coefficient (Wildman–Crippen LogP) is 0.995. The van der Waals surface area contributed by atoms with Gasteiger partial charge < -0.3 is 10.2 Å². The molecule has 0 spiro atoms. The third-order valence-corrected chi connectivity index (χ3v) is 3.61. The Labute approximate surface area is 85.8 Å². The van der Waals surface area contributed by atoms with E-state index in [1.807, 2.05) is 7.05 Å². The maximum Gasteiger partial charge on any atom is 0.239 e. The van der Waals surface area contributed by atoms with Gasteiger partial charge in [0.25, 0.3) is 0 Å². The normalized spacial score (nSPS) is 38.3. The Kier molecular flexibility index (Phi) is 2.77. The molecule has 14 heavy (non-hydrogen) atoms. The van der Waals surface area contributed by atoms with Crippen LogP contribution in [0.25, 0.3) is 0 Å². The van der Waals surface area contributed by atoms with Crippen molar-refractivity contribution in [1.82, 2.24) is 10.2 Å². The highest BCUT2D eigenvalue weighted by atomic mass is 16.2. The van der Waals surface area contributed by atoms with Gasteiger partial charge in [-0.05, 0) is 38.6 Å². The second-order valence-corrected chi connectivity index (χ2v) is 4.75. The van der Waals surface area contributed by atoms with Gasteiger partial charge in [-0.2, -0.15) is 0 Å². The summed E-state index contributed by atoms with van der Waals surface area (Å²) in [5, 5.41) is 3.11. The number of likely N-dealkylation sites (tertiary alicyclic amines) is 1. The standard InChI is InChI=1S/C11H20N2O/c1-8-6-9(7-8)13-5-3-4-10(12-2)11(13)14/h8-10,12H,3-7H2,1-2H3. The molecule has 0 aromatic heterocycles. The third-order valence-electron chi connectivity index (χ3n) is 3.61. The van der Waals surface area contributed by atoms with E-state index >= 15 is 0 Å². The number of nitrogens with zero attached hydrogens (tertiary/aromatic N) is 1. The fourth-order valence-corrected chi connectivity index (χ4v) is 2.64. The van der Waals surface area contributed by atoms with E-state index in [2.05, 4.69) is 17.1 Å². The number of carbonyl (C=O) groups is 1. The molecule has 1 amide bonds. The van der Waals surface area contributed by atoms with Crippen LogP contribution in [-0.2, 0) is 4.79 Å². The Morgan fingerprint density at radius 3 is 2.71 bits per heavy atom. The zero-order valence-electron chi connectivity index (χ0n) is 9.12. The first-order chi connectivity index (χ1) is 6.72. The molecule has 0 bridgehead atoms. The minimum atomic E-state index is 0.0830. The van der Waals surface area contributed by atoms with Crippen molar-refractivity contribution in [2.45, 2.75) is 44.7 Å². The molecule has 2 aliphatic rings. The molecule has 0 radical (unpaired) electrons. The first-order valence-electron chi connectivity index (χ1n) is 5.70. The van der Waals surface area contributed by atoms with Crippen molar-refractivity contribution in [3.63, 3.8) is 0 Å². The molecular weight excluding hydrogens is 176 g/mol. The van der Waals surface area contributed by atoms with Crippen LogP contribution in [0.1, 0.15) is 32.6 Å². The Morgan fingerprint density at radius 2 is 2.14 bits per heavy atom. The second kappa shape index (κ2) is 3.89. The van der Waals surface area contributed by atoms with Crippen LogP contribution in [-0.4, -0.2) is 36.5 Å². The predicted molar refractivity (Wildman–Crippen MR) is 56.0 cm³/mol. The van der Waals surface area contributed by atoms with Gasteiger partial charge in [0, 0.05) is 12.6 Å². The molecule has 1 saturated heterocycles. The van der Waals surface area contributed by atoms with Gasteiger partial charge in [-0.3, -0.25) is 4.79 Å². The topological polar surface area (TPSA) is 32.3 Å². The largest absolute Gasteiger partial charge is 0.338 e. The molecule has 1 heterocycles. The molecule has 2 fully saturated rings. The van der Waals surface area contributed by atoms with Crippen molar-refractivity contribution >= 4 is 5.91 Å². The lowest BCUT2D eigenvalue weighted by Crippen LogP contribution is -2.56. The quantitative estimate of drug-likeness (QED) is 0.714. The van der Waals surface area contributed by atoms with Crippen LogP contribution in [0.3, 0.4) is 0 Å². The monoisotopic (exact) mass is 196 g/mol. The highest BCUT2D eigenvalue weighted by Crippen LogP contribution is 2.33. The van der Waals surface area contributed by atoms with Crippen LogP contribution in [0.2, 0.25) is 0 Å². The van der Waals surface area contributed by atoms with E-state index < -0.39 is 0 Å². The molecule has 80 valence electrons. The average Bonchev–Trinajstić information content (AvgIpc) is 2.14. The summed E-state index contributed by atoms with van der Waals surface area (Å²) >= 11 is 0. The van der Waals surface area contributed by atoms with E-state index in [4.69, 9.17) is 0 Å². The molecule has 3 heteroatoms. The second-order valence-electron chi connectivity index (χ2n) is 4.75. The zero-order valence-corrected chi connectivity index (χ0v) is 9.12. The molecule has 2 rings (SSSR count). The smallest absolute Gasteiger partial charge is 0.239 e. The summed E-state index contributed by atoms with van der Waals surface area (Å²) in [5.74, 6) is 1.15. The van der Waals surface area contributed by atoms with Gasteiger partial charge in [-0.15, -0.1) is 0 Å². The number of nitrogens with one attached hydrogen (secondary N) is 1. The van der Waals surface area contributed by atoms with E-state index in [0.717, 1.165) is 25.3 Å². The first kappa shape index (κ1) is 9.97. The molecular formula is C11H20N2O. The van der Waals surface area contributed by atoms with Crippen LogP contribution >= 0.6 is 0 Å². The lowest BCUT2D eigenvalue weighted by Gasteiger charge is -2.45. The molecule has 1 unspecified atom stereocenters. The minimum Gasteiger partial charge on any atom is -0.338 e. The van der Waals surface area contributed by atoms with Crippen molar-refractivity contribution in [2.75, 3.05) is 13.6 Å². The van der Waals surface area contributed by atoms with Gasteiger partial charge in [0.15, 0.2) is 0 Å². The van der Waals surface area contributed by atoms with E-state index in [-0.39, 0.29) is 6.04 Å². The SMILES string of the molecule is CNC1CCCN(C2CC(C)C2)C1=O. The molecule has 1 aliphatic carbocycles. The van der Waals surface area contributed by atoms with Crippen LogP contribution in [0.15, 0.2) is 0 Å². The number of hydrogen-bond donors (Lipinski definition) is 1. The van der Waals surface area contributed by atoms with E-state index in [1.54, 1.807) is 0 Å². The summed E-state index contributed by atoms with van der Waals surface area (Å²) in [5.41, 5.74) is 0. The van der Waals surface area contributed by atoms with Crippen molar-refractivity contribution in [3.05, 3.63) is 0 Å². The average molecular weight is 196 g/mol. The van der Waals surface area contributed by atoms with Gasteiger partial charge >= 0.3 is 0 Å². The van der Waals surface area contributed by atoms with Crippen molar-refractivity contribution in [2.24, 2.45) is 5.92 Å². The number of hydrogen-bond acceptors (Lipinski definition) is 2. The lowest BCUT2D eigenvalue weighted by atomic mass is 9.80. The highest BCUT2D eigenvalue weighted by molar-refractivity contribution is 5.83. The Balaban J connectivity index is 1.94. The molecule has 1 saturated carbocycles. The summed E-state index contributed by atoms with van der Waals surface area (Å²) in [7, 11) is 1.88. The van der Waals surface area contributed by atoms with Gasteiger partial charge in [0.05, 0.1) is 6.04 Å². The maximum atomic E-state index is 12.0. The fraction of sp³-hybridized carbons (Fsp3) is 0.909.